The molecule has 0 bridgehead atoms. The summed E-state index contributed by atoms with van der Waals surface area (Å²) in [5, 5.41) is 3.61. The largest absolute Gasteiger partial charge is 0.310 e. The van der Waals surface area contributed by atoms with E-state index in [2.05, 4.69) is 59.0 Å². The number of hydrogen-bond donors (Lipinski definition) is 1. The zero-order chi connectivity index (χ0) is 13.1. The predicted molar refractivity (Wildman–Crippen MR) is 78.9 cm³/mol. The van der Waals surface area contributed by atoms with Crippen LogP contribution < -0.4 is 5.32 Å². The van der Waals surface area contributed by atoms with Crippen molar-refractivity contribution in [3.63, 3.8) is 0 Å². The molecule has 1 aromatic heterocycles. The van der Waals surface area contributed by atoms with E-state index in [4.69, 9.17) is 0 Å². The Labute approximate surface area is 111 Å². The Morgan fingerprint density at radius 3 is 2.29 bits per heavy atom. The van der Waals surface area contributed by atoms with Crippen molar-refractivity contribution in [3.05, 3.63) is 21.9 Å². The molecule has 0 saturated heterocycles. The zero-order valence-electron chi connectivity index (χ0n) is 12.1. The van der Waals surface area contributed by atoms with Gasteiger partial charge in [-0.1, -0.05) is 41.5 Å². The quantitative estimate of drug-likeness (QED) is 0.799. The molecule has 0 aliphatic rings. The van der Waals surface area contributed by atoms with Crippen LogP contribution in [0.4, 0.5) is 0 Å². The molecule has 2 heteroatoms. The van der Waals surface area contributed by atoms with Gasteiger partial charge in [0.25, 0.3) is 0 Å². The fourth-order valence-electron chi connectivity index (χ4n) is 1.96. The molecule has 0 aromatic carbocycles. The van der Waals surface area contributed by atoms with Gasteiger partial charge >= 0.3 is 0 Å². The van der Waals surface area contributed by atoms with Crippen LogP contribution in [-0.2, 0) is 5.41 Å². The lowest BCUT2D eigenvalue weighted by Crippen LogP contribution is -2.21. The minimum atomic E-state index is 0.275. The van der Waals surface area contributed by atoms with Gasteiger partial charge < -0.3 is 5.32 Å². The van der Waals surface area contributed by atoms with Crippen LogP contribution in [-0.4, -0.2) is 6.54 Å². The smallest absolute Gasteiger partial charge is 0.0417 e. The molecule has 1 atom stereocenters. The molecule has 0 amide bonds. The van der Waals surface area contributed by atoms with Crippen LogP contribution in [0, 0.1) is 5.92 Å². The summed E-state index contributed by atoms with van der Waals surface area (Å²) in [6.45, 7) is 14.7. The standard InChI is InChI=1S/C15H27NS/c1-7-16-12(10-11(2)3)13-8-9-14(17-13)15(4,5)6/h8-9,11-12,16H,7,10H2,1-6H3. The Morgan fingerprint density at radius 1 is 1.24 bits per heavy atom. The average Bonchev–Trinajstić information content (AvgIpc) is 2.64. The molecule has 0 saturated carbocycles. The molecule has 0 aliphatic carbocycles. The fraction of sp³-hybridized carbons (Fsp3) is 0.733. The van der Waals surface area contributed by atoms with Crippen molar-refractivity contribution in [1.82, 2.24) is 5.32 Å². The zero-order valence-corrected chi connectivity index (χ0v) is 12.9. The first-order chi connectivity index (χ1) is 7.84. The van der Waals surface area contributed by atoms with Crippen LogP contribution in [0.1, 0.15) is 63.8 Å². The van der Waals surface area contributed by atoms with Crippen LogP contribution in [0.5, 0.6) is 0 Å². The normalized spacial score (nSPS) is 14.3. The molecule has 17 heavy (non-hydrogen) atoms. The van der Waals surface area contributed by atoms with Crippen LogP contribution in [0.25, 0.3) is 0 Å². The Kier molecular flexibility index (Phi) is 5.21. The van der Waals surface area contributed by atoms with Gasteiger partial charge in [0.15, 0.2) is 0 Å². The first kappa shape index (κ1) is 14.7. The Hall–Kier alpha value is -0.340. The SMILES string of the molecule is CCNC(CC(C)C)c1ccc(C(C)(C)C)s1. The third-order valence-corrected chi connectivity index (χ3v) is 4.49. The van der Waals surface area contributed by atoms with Gasteiger partial charge in [-0.25, -0.2) is 0 Å². The summed E-state index contributed by atoms with van der Waals surface area (Å²) in [5.41, 5.74) is 0.275. The molecule has 0 aliphatic heterocycles. The van der Waals surface area contributed by atoms with E-state index in [1.165, 1.54) is 16.2 Å². The van der Waals surface area contributed by atoms with Crippen molar-refractivity contribution in [3.8, 4) is 0 Å². The monoisotopic (exact) mass is 253 g/mol. The highest BCUT2D eigenvalue weighted by Gasteiger charge is 2.19. The highest BCUT2D eigenvalue weighted by molar-refractivity contribution is 7.12. The summed E-state index contributed by atoms with van der Waals surface area (Å²) in [7, 11) is 0. The second-order valence-electron chi connectivity index (χ2n) is 6.19. The third kappa shape index (κ3) is 4.44. The minimum Gasteiger partial charge on any atom is -0.310 e. The first-order valence-electron chi connectivity index (χ1n) is 6.68. The lowest BCUT2D eigenvalue weighted by atomic mass is 9.95. The molecule has 1 aromatic rings. The van der Waals surface area contributed by atoms with Crippen molar-refractivity contribution in [2.45, 2.75) is 59.4 Å². The van der Waals surface area contributed by atoms with E-state index in [-0.39, 0.29) is 5.41 Å². The Morgan fingerprint density at radius 2 is 1.88 bits per heavy atom. The van der Waals surface area contributed by atoms with Crippen molar-refractivity contribution in [1.29, 1.82) is 0 Å². The maximum atomic E-state index is 3.61. The average molecular weight is 253 g/mol. The molecule has 1 heterocycles. The topological polar surface area (TPSA) is 12.0 Å². The summed E-state index contributed by atoms with van der Waals surface area (Å²) in [6.07, 6.45) is 1.22. The number of thiophene rings is 1. The van der Waals surface area contributed by atoms with Gasteiger partial charge in [-0.05, 0) is 36.4 Å². The van der Waals surface area contributed by atoms with Crippen molar-refractivity contribution >= 4 is 11.3 Å². The summed E-state index contributed by atoms with van der Waals surface area (Å²) in [6, 6.07) is 5.13. The maximum absolute atomic E-state index is 3.61. The van der Waals surface area contributed by atoms with Gasteiger partial charge in [-0.2, -0.15) is 0 Å². The summed E-state index contributed by atoms with van der Waals surface area (Å²) in [4.78, 5) is 2.98. The van der Waals surface area contributed by atoms with Crippen LogP contribution in [0.3, 0.4) is 0 Å². The van der Waals surface area contributed by atoms with Gasteiger partial charge in [0.2, 0.25) is 0 Å². The van der Waals surface area contributed by atoms with Crippen molar-refractivity contribution in [2.75, 3.05) is 6.54 Å². The van der Waals surface area contributed by atoms with Gasteiger partial charge in [-0.3, -0.25) is 0 Å². The molecular weight excluding hydrogens is 226 g/mol. The predicted octanol–water partition coefficient (Wildman–Crippen LogP) is 4.74. The van der Waals surface area contributed by atoms with Gasteiger partial charge in [0, 0.05) is 15.8 Å². The minimum absolute atomic E-state index is 0.275. The number of hydrogen-bond acceptors (Lipinski definition) is 2. The fourth-order valence-corrected chi connectivity index (χ4v) is 3.12. The van der Waals surface area contributed by atoms with E-state index in [0.29, 0.717) is 6.04 Å². The second-order valence-corrected chi connectivity index (χ2v) is 7.31. The highest BCUT2D eigenvalue weighted by atomic mass is 32.1. The van der Waals surface area contributed by atoms with Crippen molar-refractivity contribution in [2.24, 2.45) is 5.92 Å². The molecule has 0 radical (unpaired) electrons. The number of rotatable bonds is 5. The molecule has 1 rings (SSSR count). The highest BCUT2D eigenvalue weighted by Crippen LogP contribution is 2.34. The van der Waals surface area contributed by atoms with Gasteiger partial charge in [0.1, 0.15) is 0 Å². The van der Waals surface area contributed by atoms with E-state index >= 15 is 0 Å². The number of nitrogens with one attached hydrogen (secondary N) is 1. The van der Waals surface area contributed by atoms with Crippen molar-refractivity contribution < 1.29 is 0 Å². The summed E-state index contributed by atoms with van der Waals surface area (Å²) in [5.74, 6) is 0.735. The molecule has 1 nitrogen and oxygen atoms in total. The Balaban J connectivity index is 2.84. The molecule has 0 spiro atoms. The summed E-state index contributed by atoms with van der Waals surface area (Å²) < 4.78 is 0. The van der Waals surface area contributed by atoms with Crippen LogP contribution in [0.2, 0.25) is 0 Å². The van der Waals surface area contributed by atoms with Gasteiger partial charge in [-0.15, -0.1) is 11.3 Å². The van der Waals surface area contributed by atoms with Crippen LogP contribution in [0.15, 0.2) is 12.1 Å². The lowest BCUT2D eigenvalue weighted by Gasteiger charge is -2.19. The molecule has 98 valence electrons. The van der Waals surface area contributed by atoms with E-state index in [1.54, 1.807) is 0 Å². The second kappa shape index (κ2) is 6.01. The Bertz CT molecular complexity index is 333. The first-order valence-corrected chi connectivity index (χ1v) is 7.49. The van der Waals surface area contributed by atoms with Gasteiger partial charge in [0.05, 0.1) is 0 Å². The van der Waals surface area contributed by atoms with E-state index in [1.807, 2.05) is 11.3 Å². The molecule has 1 N–H and O–H groups in total. The molecule has 1 unspecified atom stereocenters. The lowest BCUT2D eigenvalue weighted by molar-refractivity contribution is 0.443. The summed E-state index contributed by atoms with van der Waals surface area (Å²) >= 11 is 1.97. The van der Waals surface area contributed by atoms with E-state index in [9.17, 15) is 0 Å². The van der Waals surface area contributed by atoms with Crippen LogP contribution >= 0.6 is 11.3 Å². The maximum Gasteiger partial charge on any atom is 0.0417 e. The van der Waals surface area contributed by atoms with E-state index < -0.39 is 0 Å². The van der Waals surface area contributed by atoms with E-state index in [0.717, 1.165) is 12.5 Å². The third-order valence-electron chi connectivity index (χ3n) is 2.87. The molecule has 0 fully saturated rings. The molecular formula is C15H27NS.